The topological polar surface area (TPSA) is 97.4 Å². The Labute approximate surface area is 227 Å². The van der Waals surface area contributed by atoms with Crippen LogP contribution in [0.3, 0.4) is 0 Å². The van der Waals surface area contributed by atoms with E-state index in [4.69, 9.17) is 23.7 Å². The maximum atomic E-state index is 12.0. The van der Waals surface area contributed by atoms with Crippen LogP contribution in [0, 0.1) is 0 Å². The first-order valence-corrected chi connectivity index (χ1v) is 12.9. The molecule has 0 radical (unpaired) electrons. The van der Waals surface area contributed by atoms with Gasteiger partial charge in [0, 0.05) is 22.8 Å². The summed E-state index contributed by atoms with van der Waals surface area (Å²) >= 11 is 1.43. The van der Waals surface area contributed by atoms with Crippen LogP contribution in [-0.2, 0) is 23.9 Å². The van der Waals surface area contributed by atoms with E-state index in [-0.39, 0.29) is 26.4 Å². The first-order valence-electron chi connectivity index (χ1n) is 11.6. The third-order valence-corrected chi connectivity index (χ3v) is 5.55. The van der Waals surface area contributed by atoms with Gasteiger partial charge < -0.3 is 23.7 Å². The van der Waals surface area contributed by atoms with E-state index in [0.717, 1.165) is 16.0 Å². The van der Waals surface area contributed by atoms with Crippen LogP contribution < -0.4 is 14.2 Å². The number of ether oxygens (including phenoxy) is 5. The molecule has 0 aliphatic rings. The van der Waals surface area contributed by atoms with Crippen molar-refractivity contribution < 1.29 is 38.1 Å². The van der Waals surface area contributed by atoms with Gasteiger partial charge in [0.1, 0.15) is 43.7 Å². The highest BCUT2D eigenvalue weighted by atomic mass is 32.2. The number of hydrogen-bond acceptors (Lipinski definition) is 9. The molecule has 0 bridgehead atoms. The number of hydrogen-bond donors (Lipinski definition) is 0. The van der Waals surface area contributed by atoms with Gasteiger partial charge in [0.05, 0.1) is 4.90 Å². The minimum atomic E-state index is -0.501. The van der Waals surface area contributed by atoms with Gasteiger partial charge >= 0.3 is 17.9 Å². The first-order chi connectivity index (χ1) is 18.0. The largest absolute Gasteiger partial charge is 0.490 e. The Morgan fingerprint density at radius 2 is 1.18 bits per heavy atom. The average molecular weight is 541 g/mol. The van der Waals surface area contributed by atoms with Crippen molar-refractivity contribution in [2.24, 2.45) is 0 Å². The fourth-order valence-electron chi connectivity index (χ4n) is 2.86. The van der Waals surface area contributed by atoms with E-state index in [1.165, 1.54) is 11.8 Å². The van der Waals surface area contributed by atoms with Crippen molar-refractivity contribution in [3.8, 4) is 28.4 Å². The van der Waals surface area contributed by atoms with Crippen molar-refractivity contribution in [3.05, 3.63) is 72.9 Å². The van der Waals surface area contributed by atoms with Gasteiger partial charge in [0.2, 0.25) is 0 Å². The van der Waals surface area contributed by atoms with Gasteiger partial charge in [-0.3, -0.25) is 0 Å². The van der Waals surface area contributed by atoms with Crippen molar-refractivity contribution in [1.82, 2.24) is 0 Å². The Balaban J connectivity index is 2.26. The van der Waals surface area contributed by atoms with Gasteiger partial charge in [0.15, 0.2) is 0 Å². The van der Waals surface area contributed by atoms with E-state index in [1.807, 2.05) is 30.5 Å². The molecule has 38 heavy (non-hydrogen) atoms. The summed E-state index contributed by atoms with van der Waals surface area (Å²) in [6.45, 7) is 15.7. The highest BCUT2D eigenvalue weighted by molar-refractivity contribution is 7.98. The number of esters is 3. The minimum Gasteiger partial charge on any atom is -0.490 e. The number of benzene rings is 2. The Bertz CT molecular complexity index is 1180. The third-order valence-electron chi connectivity index (χ3n) is 4.80. The van der Waals surface area contributed by atoms with Crippen LogP contribution in [0.5, 0.6) is 17.2 Å². The molecular weight excluding hydrogens is 508 g/mol. The summed E-state index contributed by atoms with van der Waals surface area (Å²) in [7, 11) is 0. The van der Waals surface area contributed by atoms with Crippen LogP contribution in [-0.4, -0.2) is 50.6 Å². The average Bonchev–Trinajstić information content (AvgIpc) is 2.88. The molecule has 0 amide bonds. The number of carbonyl (C=O) groups excluding carboxylic acids is 3. The normalized spacial score (nSPS) is 10.2. The fraction of sp³-hybridized carbons (Fsp3) is 0.276. The molecule has 0 aliphatic carbocycles. The van der Waals surface area contributed by atoms with E-state index in [1.54, 1.807) is 32.9 Å². The first kappa shape index (κ1) is 30.2. The minimum absolute atomic E-state index is 0.0440. The van der Waals surface area contributed by atoms with Crippen LogP contribution in [0.15, 0.2) is 77.7 Å². The fourth-order valence-corrected chi connectivity index (χ4v) is 3.41. The summed E-state index contributed by atoms with van der Waals surface area (Å²) in [5.74, 6) is -0.103. The van der Waals surface area contributed by atoms with Gasteiger partial charge in [0.25, 0.3) is 0 Å². The molecule has 0 saturated carbocycles. The maximum absolute atomic E-state index is 12.0. The van der Waals surface area contributed by atoms with Crippen molar-refractivity contribution >= 4 is 29.7 Å². The standard InChI is InChI=1S/C29H32O8S/c1-18(2)27(30)35-12-10-33-23-14-22(15-24(17-23)34-11-13-36-28(31)19(3)4)21-8-9-25(26(16-21)38-7)37-29(32)20(5)6/h8-9,14-17H,1,3,5,10-13H2,2,4,6-7H3. The number of rotatable bonds is 14. The summed E-state index contributed by atoms with van der Waals surface area (Å²) < 4.78 is 27.2. The van der Waals surface area contributed by atoms with E-state index < -0.39 is 17.9 Å². The van der Waals surface area contributed by atoms with Gasteiger partial charge in [-0.2, -0.15) is 0 Å². The highest BCUT2D eigenvalue weighted by Crippen LogP contribution is 2.36. The quantitative estimate of drug-likeness (QED) is 0.100. The highest BCUT2D eigenvalue weighted by Gasteiger charge is 2.13. The van der Waals surface area contributed by atoms with Crippen LogP contribution >= 0.6 is 11.8 Å². The van der Waals surface area contributed by atoms with E-state index in [0.29, 0.717) is 34.0 Å². The Hall–Kier alpha value is -3.98. The van der Waals surface area contributed by atoms with Crippen LogP contribution in [0.2, 0.25) is 0 Å². The number of thioether (sulfide) groups is 1. The summed E-state index contributed by atoms with van der Waals surface area (Å²) in [6, 6.07) is 10.7. The lowest BCUT2D eigenvalue weighted by molar-refractivity contribution is -0.140. The molecule has 0 saturated heterocycles. The molecule has 0 heterocycles. The van der Waals surface area contributed by atoms with Crippen molar-refractivity contribution in [2.75, 3.05) is 32.7 Å². The van der Waals surface area contributed by atoms with Crippen molar-refractivity contribution in [1.29, 1.82) is 0 Å². The molecule has 8 nitrogen and oxygen atoms in total. The second-order valence-electron chi connectivity index (χ2n) is 8.26. The van der Waals surface area contributed by atoms with Gasteiger partial charge in [-0.25, -0.2) is 14.4 Å². The van der Waals surface area contributed by atoms with Crippen molar-refractivity contribution in [3.63, 3.8) is 0 Å². The predicted molar refractivity (Wildman–Crippen MR) is 147 cm³/mol. The van der Waals surface area contributed by atoms with Crippen molar-refractivity contribution in [2.45, 2.75) is 25.7 Å². The molecule has 0 atom stereocenters. The van der Waals surface area contributed by atoms with Crippen LogP contribution in [0.1, 0.15) is 20.8 Å². The number of carbonyl (C=O) groups is 3. The Morgan fingerprint density at radius 3 is 1.63 bits per heavy atom. The molecule has 0 aliphatic heterocycles. The summed E-state index contributed by atoms with van der Waals surface area (Å²) in [5.41, 5.74) is 2.50. The van der Waals surface area contributed by atoms with E-state index in [2.05, 4.69) is 19.7 Å². The van der Waals surface area contributed by atoms with Gasteiger partial charge in [-0.1, -0.05) is 25.8 Å². The summed E-state index contributed by atoms with van der Waals surface area (Å²) in [5, 5.41) is 0. The zero-order valence-electron chi connectivity index (χ0n) is 22.1. The molecule has 2 rings (SSSR count). The molecule has 202 valence electrons. The smallest absolute Gasteiger partial charge is 0.338 e. The summed E-state index contributed by atoms with van der Waals surface area (Å²) in [4.78, 5) is 36.0. The van der Waals surface area contributed by atoms with Gasteiger partial charge in [-0.05, 0) is 62.4 Å². The lowest BCUT2D eigenvalue weighted by Crippen LogP contribution is -2.13. The monoisotopic (exact) mass is 540 g/mol. The molecule has 0 spiro atoms. The van der Waals surface area contributed by atoms with E-state index in [9.17, 15) is 14.4 Å². The predicted octanol–water partition coefficient (Wildman–Crippen LogP) is 5.55. The zero-order chi connectivity index (χ0) is 28.2. The second-order valence-corrected chi connectivity index (χ2v) is 9.11. The van der Waals surface area contributed by atoms with Crippen LogP contribution in [0.25, 0.3) is 11.1 Å². The molecule has 2 aromatic rings. The molecule has 0 fully saturated rings. The lowest BCUT2D eigenvalue weighted by Gasteiger charge is -2.14. The summed E-state index contributed by atoms with van der Waals surface area (Å²) in [6.07, 6.45) is 1.88. The Kier molecular flexibility index (Phi) is 11.7. The van der Waals surface area contributed by atoms with Gasteiger partial charge in [-0.15, -0.1) is 11.8 Å². The lowest BCUT2D eigenvalue weighted by atomic mass is 10.0. The third kappa shape index (κ3) is 9.48. The van der Waals surface area contributed by atoms with E-state index >= 15 is 0 Å². The molecule has 9 heteroatoms. The van der Waals surface area contributed by atoms with Crippen LogP contribution in [0.4, 0.5) is 0 Å². The SMILES string of the molecule is C=C(C)C(=O)OCCOc1cc(OCCOC(=O)C(=C)C)cc(-c2ccc(OC(=O)C(=C)C)c(SC)c2)c1. The molecule has 0 aromatic heterocycles. The molecular formula is C29H32O8S. The molecule has 0 N–H and O–H groups in total. The zero-order valence-corrected chi connectivity index (χ0v) is 22.9. The Morgan fingerprint density at radius 1 is 0.684 bits per heavy atom. The molecule has 0 unspecified atom stereocenters. The maximum Gasteiger partial charge on any atom is 0.338 e. The molecule has 2 aromatic carbocycles. The second kappa shape index (κ2) is 14.7.